The SMILES string of the molecule is Cc1ncc(-c2ccc(-c3ccc(/C=C(\C#N)c4cccs4)s3)s2)cc1Nc1cccs1. The van der Waals surface area contributed by atoms with Crippen molar-refractivity contribution in [3.63, 3.8) is 0 Å². The zero-order valence-electron chi connectivity index (χ0n) is 17.0. The van der Waals surface area contributed by atoms with E-state index in [9.17, 15) is 5.26 Å². The first-order chi connectivity index (χ1) is 15.7. The molecule has 5 rings (SSSR count). The molecule has 32 heavy (non-hydrogen) atoms. The molecular formula is C25H17N3S4. The average Bonchev–Trinajstić information content (AvgIpc) is 3.61. The van der Waals surface area contributed by atoms with Gasteiger partial charge in [0, 0.05) is 36.1 Å². The van der Waals surface area contributed by atoms with Gasteiger partial charge in [-0.3, -0.25) is 4.98 Å². The number of pyridine rings is 1. The molecule has 0 aliphatic heterocycles. The highest BCUT2D eigenvalue weighted by Crippen LogP contribution is 2.39. The number of hydrogen-bond donors (Lipinski definition) is 1. The van der Waals surface area contributed by atoms with E-state index in [4.69, 9.17) is 0 Å². The topological polar surface area (TPSA) is 48.7 Å². The molecular weight excluding hydrogens is 471 g/mol. The van der Waals surface area contributed by atoms with Crippen molar-refractivity contribution in [2.75, 3.05) is 5.32 Å². The van der Waals surface area contributed by atoms with Crippen LogP contribution in [0.2, 0.25) is 0 Å². The Morgan fingerprint density at radius 3 is 2.53 bits per heavy atom. The molecule has 0 bridgehead atoms. The lowest BCUT2D eigenvalue weighted by molar-refractivity contribution is 1.20. The minimum Gasteiger partial charge on any atom is -0.346 e. The first-order valence-corrected chi connectivity index (χ1v) is 13.2. The van der Waals surface area contributed by atoms with Gasteiger partial charge in [-0.1, -0.05) is 6.07 Å². The molecule has 5 aromatic heterocycles. The molecule has 3 nitrogen and oxygen atoms in total. The number of hydrogen-bond acceptors (Lipinski definition) is 7. The van der Waals surface area contributed by atoms with E-state index in [0.717, 1.165) is 31.7 Å². The number of rotatable bonds is 6. The zero-order valence-corrected chi connectivity index (χ0v) is 20.3. The Morgan fingerprint density at radius 1 is 0.969 bits per heavy atom. The van der Waals surface area contributed by atoms with Gasteiger partial charge in [0.25, 0.3) is 0 Å². The number of nitrogens with one attached hydrogen (secondary N) is 1. The molecule has 1 N–H and O–H groups in total. The largest absolute Gasteiger partial charge is 0.346 e. The summed E-state index contributed by atoms with van der Waals surface area (Å²) in [6, 6.07) is 21.1. The first-order valence-electron chi connectivity index (χ1n) is 9.83. The summed E-state index contributed by atoms with van der Waals surface area (Å²) in [6.45, 7) is 2.02. The van der Waals surface area contributed by atoms with E-state index in [1.54, 1.807) is 45.3 Å². The Kier molecular flexibility index (Phi) is 6.02. The van der Waals surface area contributed by atoms with Gasteiger partial charge in [-0.05, 0) is 72.3 Å². The van der Waals surface area contributed by atoms with Crippen molar-refractivity contribution < 1.29 is 0 Å². The third-order valence-corrected chi connectivity index (χ3v) is 8.87. The minimum atomic E-state index is 0.705. The summed E-state index contributed by atoms with van der Waals surface area (Å²) in [5.41, 5.74) is 3.82. The number of nitrogens with zero attached hydrogens (tertiary/aromatic N) is 2. The maximum absolute atomic E-state index is 9.52. The number of aromatic nitrogens is 1. The van der Waals surface area contributed by atoms with E-state index in [-0.39, 0.29) is 0 Å². The van der Waals surface area contributed by atoms with Crippen LogP contribution in [0.1, 0.15) is 15.4 Å². The molecule has 0 fully saturated rings. The third kappa shape index (κ3) is 4.45. The van der Waals surface area contributed by atoms with Gasteiger partial charge in [-0.25, -0.2) is 0 Å². The smallest absolute Gasteiger partial charge is 0.101 e. The Balaban J connectivity index is 1.40. The molecule has 0 amide bonds. The van der Waals surface area contributed by atoms with Gasteiger partial charge in [0.2, 0.25) is 0 Å². The van der Waals surface area contributed by atoms with Gasteiger partial charge < -0.3 is 5.32 Å². The van der Waals surface area contributed by atoms with E-state index in [2.05, 4.69) is 58.1 Å². The summed E-state index contributed by atoms with van der Waals surface area (Å²) in [6.07, 6.45) is 3.91. The maximum atomic E-state index is 9.52. The molecule has 156 valence electrons. The van der Waals surface area contributed by atoms with Gasteiger partial charge in [0.15, 0.2) is 0 Å². The fourth-order valence-electron chi connectivity index (χ4n) is 3.20. The molecule has 0 atom stereocenters. The lowest BCUT2D eigenvalue weighted by Crippen LogP contribution is -1.94. The highest BCUT2D eigenvalue weighted by atomic mass is 32.1. The van der Waals surface area contributed by atoms with Crippen LogP contribution in [0, 0.1) is 18.3 Å². The Labute approximate surface area is 202 Å². The quantitative estimate of drug-likeness (QED) is 0.243. The molecule has 5 aromatic rings. The Hall–Kier alpha value is -3.02. The predicted octanol–water partition coefficient (Wildman–Crippen LogP) is 8.78. The molecule has 0 unspecified atom stereocenters. The van der Waals surface area contributed by atoms with Crippen molar-refractivity contribution in [3.05, 3.63) is 87.0 Å². The van der Waals surface area contributed by atoms with Crippen LogP contribution in [0.4, 0.5) is 10.7 Å². The predicted molar refractivity (Wildman–Crippen MR) is 141 cm³/mol. The first kappa shape index (κ1) is 20.9. The van der Waals surface area contributed by atoms with E-state index in [1.807, 2.05) is 42.8 Å². The number of nitriles is 1. The second-order valence-electron chi connectivity index (χ2n) is 6.97. The zero-order chi connectivity index (χ0) is 21.9. The maximum Gasteiger partial charge on any atom is 0.101 e. The van der Waals surface area contributed by atoms with Crippen molar-refractivity contribution in [3.8, 4) is 26.3 Å². The average molecular weight is 488 g/mol. The highest BCUT2D eigenvalue weighted by Gasteiger charge is 2.11. The Bertz CT molecular complexity index is 1410. The van der Waals surface area contributed by atoms with Crippen LogP contribution in [0.25, 0.3) is 31.8 Å². The Morgan fingerprint density at radius 2 is 1.75 bits per heavy atom. The van der Waals surface area contributed by atoms with Crippen molar-refractivity contribution in [1.82, 2.24) is 4.98 Å². The minimum absolute atomic E-state index is 0.705. The van der Waals surface area contributed by atoms with Gasteiger partial charge in [0.05, 0.1) is 22.0 Å². The van der Waals surface area contributed by atoms with E-state index < -0.39 is 0 Å². The molecule has 0 spiro atoms. The molecule has 0 aliphatic carbocycles. The molecule has 5 heterocycles. The van der Waals surface area contributed by atoms with E-state index >= 15 is 0 Å². The summed E-state index contributed by atoms with van der Waals surface area (Å²) in [4.78, 5) is 10.3. The third-order valence-electron chi connectivity index (χ3n) is 4.82. The van der Waals surface area contributed by atoms with E-state index in [1.165, 1.54) is 14.6 Å². The molecule has 7 heteroatoms. The lowest BCUT2D eigenvalue weighted by atomic mass is 10.2. The van der Waals surface area contributed by atoms with Crippen LogP contribution < -0.4 is 5.32 Å². The number of allylic oxidation sites excluding steroid dienone is 1. The fourth-order valence-corrected chi connectivity index (χ4v) is 6.55. The molecule has 0 saturated heterocycles. The van der Waals surface area contributed by atoms with Crippen molar-refractivity contribution in [2.24, 2.45) is 0 Å². The number of thiophene rings is 4. The van der Waals surface area contributed by atoms with Gasteiger partial charge in [-0.15, -0.1) is 45.3 Å². The summed E-state index contributed by atoms with van der Waals surface area (Å²) in [5, 5.41) is 18.2. The fraction of sp³-hybridized carbons (Fsp3) is 0.0400. The molecule has 0 radical (unpaired) electrons. The number of aryl methyl sites for hydroxylation is 1. The summed E-state index contributed by atoms with van der Waals surface area (Å²) in [5.74, 6) is 0. The van der Waals surface area contributed by atoms with Gasteiger partial charge in [-0.2, -0.15) is 5.26 Å². The van der Waals surface area contributed by atoms with Crippen LogP contribution in [0.5, 0.6) is 0 Å². The van der Waals surface area contributed by atoms with Crippen LogP contribution in [0.3, 0.4) is 0 Å². The van der Waals surface area contributed by atoms with E-state index in [0.29, 0.717) is 5.57 Å². The lowest BCUT2D eigenvalue weighted by Gasteiger charge is -2.08. The molecule has 0 aliphatic rings. The summed E-state index contributed by atoms with van der Waals surface area (Å²) in [7, 11) is 0. The highest BCUT2D eigenvalue weighted by molar-refractivity contribution is 7.24. The van der Waals surface area contributed by atoms with Crippen molar-refractivity contribution >= 4 is 67.7 Å². The second kappa shape index (κ2) is 9.23. The van der Waals surface area contributed by atoms with Crippen molar-refractivity contribution in [1.29, 1.82) is 5.26 Å². The summed E-state index contributed by atoms with van der Waals surface area (Å²) >= 11 is 6.73. The monoisotopic (exact) mass is 487 g/mol. The van der Waals surface area contributed by atoms with Crippen molar-refractivity contribution in [2.45, 2.75) is 6.92 Å². The second-order valence-corrected chi connectivity index (χ2v) is 11.1. The van der Waals surface area contributed by atoms with Crippen LogP contribution >= 0.6 is 45.3 Å². The van der Waals surface area contributed by atoms with Gasteiger partial charge >= 0.3 is 0 Å². The van der Waals surface area contributed by atoms with Crippen LogP contribution in [0.15, 0.2) is 71.6 Å². The molecule has 0 saturated carbocycles. The van der Waals surface area contributed by atoms with Crippen LogP contribution in [-0.4, -0.2) is 4.98 Å². The van der Waals surface area contributed by atoms with Crippen LogP contribution in [-0.2, 0) is 0 Å². The van der Waals surface area contributed by atoms with Gasteiger partial charge in [0.1, 0.15) is 6.07 Å². The number of anilines is 2. The summed E-state index contributed by atoms with van der Waals surface area (Å²) < 4.78 is 0. The molecule has 0 aromatic carbocycles. The standard InChI is InChI=1S/C25H17N3S4/c1-16-20(28-25-5-3-11-30-25)13-18(15-27-16)22-8-9-24(32-22)23-7-6-19(31-23)12-17(14-26)21-4-2-10-29-21/h2-13,15,28H,1H3/b17-12+. The normalized spacial score (nSPS) is 11.4.